The van der Waals surface area contributed by atoms with Crippen LogP contribution in [-0.4, -0.2) is 18.5 Å². The summed E-state index contributed by atoms with van der Waals surface area (Å²) >= 11 is 6.39. The molecule has 0 aromatic heterocycles. The zero-order chi connectivity index (χ0) is 21.8. The van der Waals surface area contributed by atoms with E-state index in [2.05, 4.69) is 5.32 Å². The summed E-state index contributed by atoms with van der Waals surface area (Å²) in [6, 6.07) is 21.5. The molecule has 1 atom stereocenters. The van der Waals surface area contributed by atoms with Crippen molar-refractivity contribution in [2.24, 2.45) is 0 Å². The fourth-order valence-corrected chi connectivity index (χ4v) is 4.10. The van der Waals surface area contributed by atoms with Gasteiger partial charge in [0.15, 0.2) is 0 Å². The molecule has 1 amide bonds. The molecule has 5 nitrogen and oxygen atoms in total. The minimum Gasteiger partial charge on any atom is -0.466 e. The first-order valence-electron chi connectivity index (χ1n) is 10.1. The van der Waals surface area contributed by atoms with E-state index in [4.69, 9.17) is 21.1 Å². The van der Waals surface area contributed by atoms with Crippen LogP contribution in [0.3, 0.4) is 0 Å². The molecule has 0 saturated carbocycles. The van der Waals surface area contributed by atoms with Crippen LogP contribution in [0.2, 0.25) is 5.02 Å². The van der Waals surface area contributed by atoms with Crippen molar-refractivity contribution >= 4 is 23.5 Å². The molecule has 158 valence electrons. The Morgan fingerprint density at radius 2 is 1.55 bits per heavy atom. The molecule has 0 fully saturated rings. The van der Waals surface area contributed by atoms with Gasteiger partial charge >= 0.3 is 5.97 Å². The van der Waals surface area contributed by atoms with Gasteiger partial charge in [0, 0.05) is 16.1 Å². The summed E-state index contributed by atoms with van der Waals surface area (Å²) in [4.78, 5) is 25.9. The Balaban J connectivity index is 1.69. The molecule has 0 radical (unpaired) electrons. The van der Waals surface area contributed by atoms with Gasteiger partial charge in [0.1, 0.15) is 11.5 Å². The molecule has 3 aromatic carbocycles. The van der Waals surface area contributed by atoms with Gasteiger partial charge < -0.3 is 14.8 Å². The number of hydrogen-bond acceptors (Lipinski definition) is 4. The minimum atomic E-state index is -0.623. The highest BCUT2D eigenvalue weighted by atomic mass is 35.5. The van der Waals surface area contributed by atoms with Crippen molar-refractivity contribution in [2.45, 2.75) is 25.3 Å². The molecular weight excluding hydrogens is 414 g/mol. The number of nitrogens with one attached hydrogen (secondary N) is 1. The maximum Gasteiger partial charge on any atom is 0.308 e. The third kappa shape index (κ3) is 4.42. The van der Waals surface area contributed by atoms with Crippen LogP contribution < -0.4 is 10.1 Å². The number of hydrogen-bond donors (Lipinski definition) is 1. The van der Waals surface area contributed by atoms with Crippen molar-refractivity contribution in [3.05, 3.63) is 94.5 Å². The van der Waals surface area contributed by atoms with Gasteiger partial charge in [0.25, 0.3) is 0 Å². The predicted octanol–water partition coefficient (Wildman–Crippen LogP) is 5.39. The molecule has 1 aliphatic rings. The maximum absolute atomic E-state index is 13.6. The highest BCUT2D eigenvalue weighted by molar-refractivity contribution is 6.31. The highest BCUT2D eigenvalue weighted by Gasteiger charge is 2.34. The van der Waals surface area contributed by atoms with Crippen molar-refractivity contribution in [1.29, 1.82) is 0 Å². The van der Waals surface area contributed by atoms with E-state index in [9.17, 15) is 9.59 Å². The van der Waals surface area contributed by atoms with Crippen molar-refractivity contribution in [3.8, 4) is 11.5 Å². The number of benzene rings is 3. The quantitative estimate of drug-likeness (QED) is 0.527. The largest absolute Gasteiger partial charge is 0.466 e. The van der Waals surface area contributed by atoms with Crippen LogP contribution >= 0.6 is 11.6 Å². The minimum absolute atomic E-state index is 0.0180. The van der Waals surface area contributed by atoms with E-state index in [1.165, 1.54) is 0 Å². The number of halogens is 1. The van der Waals surface area contributed by atoms with Crippen LogP contribution in [0.5, 0.6) is 11.5 Å². The van der Waals surface area contributed by atoms with Crippen LogP contribution in [0, 0.1) is 0 Å². The Labute approximate surface area is 185 Å². The van der Waals surface area contributed by atoms with E-state index in [1.807, 2.05) is 54.6 Å². The zero-order valence-electron chi connectivity index (χ0n) is 17.0. The second-order valence-corrected chi connectivity index (χ2v) is 7.61. The van der Waals surface area contributed by atoms with E-state index < -0.39 is 17.9 Å². The van der Waals surface area contributed by atoms with Gasteiger partial charge in [0.2, 0.25) is 5.91 Å². The number of carbonyl (C=O) groups is 2. The highest BCUT2D eigenvalue weighted by Crippen LogP contribution is 2.44. The van der Waals surface area contributed by atoms with Crippen LogP contribution in [0.25, 0.3) is 0 Å². The molecule has 1 heterocycles. The first-order valence-corrected chi connectivity index (χ1v) is 10.5. The van der Waals surface area contributed by atoms with Crippen LogP contribution in [0.4, 0.5) is 0 Å². The van der Waals surface area contributed by atoms with Crippen molar-refractivity contribution in [3.63, 3.8) is 0 Å². The number of carbonyl (C=O) groups excluding carboxylic acids is 2. The lowest BCUT2D eigenvalue weighted by atomic mass is 9.86. The predicted molar refractivity (Wildman–Crippen MR) is 118 cm³/mol. The first kappa shape index (κ1) is 20.9. The number of rotatable bonds is 6. The normalized spacial score (nSPS) is 13.4. The van der Waals surface area contributed by atoms with Crippen molar-refractivity contribution in [1.82, 2.24) is 5.32 Å². The summed E-state index contributed by atoms with van der Waals surface area (Å²) in [5.41, 5.74) is 2.21. The Morgan fingerprint density at radius 1 is 0.968 bits per heavy atom. The van der Waals surface area contributed by atoms with Crippen molar-refractivity contribution in [2.75, 3.05) is 6.61 Å². The molecule has 31 heavy (non-hydrogen) atoms. The fraction of sp³-hybridized carbons (Fsp3) is 0.200. The molecule has 0 saturated heterocycles. The average Bonchev–Trinajstić information content (AvgIpc) is 2.77. The molecular formula is C25H22ClNO4. The van der Waals surface area contributed by atoms with E-state index in [0.717, 1.165) is 11.1 Å². The Kier molecular flexibility index (Phi) is 6.23. The number of para-hydroxylation sites is 2. The van der Waals surface area contributed by atoms with Gasteiger partial charge in [-0.05, 0) is 30.7 Å². The summed E-state index contributed by atoms with van der Waals surface area (Å²) in [7, 11) is 0. The van der Waals surface area contributed by atoms with Gasteiger partial charge in [-0.15, -0.1) is 0 Å². The smallest absolute Gasteiger partial charge is 0.308 e. The molecule has 4 rings (SSSR count). The number of amides is 1. The van der Waals surface area contributed by atoms with Gasteiger partial charge in [-0.2, -0.15) is 0 Å². The molecule has 0 spiro atoms. The topological polar surface area (TPSA) is 64.6 Å². The molecule has 3 aromatic rings. The summed E-state index contributed by atoms with van der Waals surface area (Å²) in [6.45, 7) is 2.01. The summed E-state index contributed by atoms with van der Waals surface area (Å²) in [6.07, 6.45) is -0.0180. The summed E-state index contributed by atoms with van der Waals surface area (Å²) in [5, 5.41) is 3.51. The third-order valence-corrected chi connectivity index (χ3v) is 5.56. The number of ether oxygens (including phenoxy) is 2. The second-order valence-electron chi connectivity index (χ2n) is 7.20. The van der Waals surface area contributed by atoms with Crippen LogP contribution in [-0.2, 0) is 14.3 Å². The van der Waals surface area contributed by atoms with E-state index in [1.54, 1.807) is 25.1 Å². The lowest BCUT2D eigenvalue weighted by Gasteiger charge is -2.29. The zero-order valence-corrected chi connectivity index (χ0v) is 17.8. The van der Waals surface area contributed by atoms with Gasteiger partial charge in [-0.25, -0.2) is 0 Å². The third-order valence-electron chi connectivity index (χ3n) is 5.22. The first-order chi connectivity index (χ1) is 15.1. The number of fused-ring (bicyclic) bond motifs is 2. The van der Waals surface area contributed by atoms with E-state index in [-0.39, 0.29) is 18.9 Å². The Hall–Kier alpha value is -3.31. The summed E-state index contributed by atoms with van der Waals surface area (Å²) in [5.74, 6) is 0.0633. The molecule has 0 unspecified atom stereocenters. The standard InChI is InChI=1S/C25H22ClNO4/c1-2-30-23(28)15-20(16-9-3-6-12-19(16)26)27-25(29)24-17-10-4-7-13-21(17)31-22-14-8-5-11-18(22)24/h3-14,20,24H,2,15H2,1H3,(H,27,29)/t20-/m1/s1. The molecule has 1 aliphatic heterocycles. The lowest BCUT2D eigenvalue weighted by molar-refractivity contribution is -0.143. The SMILES string of the molecule is CCOC(=O)C[C@@H](NC(=O)C1c2ccccc2Oc2ccccc21)c1ccccc1Cl. The number of esters is 1. The van der Waals surface area contributed by atoms with Crippen LogP contribution in [0.1, 0.15) is 42.0 Å². The van der Waals surface area contributed by atoms with Gasteiger partial charge in [-0.3, -0.25) is 9.59 Å². The van der Waals surface area contributed by atoms with Gasteiger partial charge in [-0.1, -0.05) is 66.2 Å². The molecule has 0 bridgehead atoms. The average molecular weight is 436 g/mol. The molecule has 0 aliphatic carbocycles. The van der Waals surface area contributed by atoms with E-state index in [0.29, 0.717) is 22.1 Å². The Morgan fingerprint density at radius 3 is 2.16 bits per heavy atom. The second kappa shape index (κ2) is 9.23. The van der Waals surface area contributed by atoms with Crippen molar-refractivity contribution < 1.29 is 19.1 Å². The van der Waals surface area contributed by atoms with Crippen LogP contribution in [0.15, 0.2) is 72.8 Å². The Bertz CT molecular complexity index is 1070. The fourth-order valence-electron chi connectivity index (χ4n) is 3.83. The monoisotopic (exact) mass is 435 g/mol. The lowest BCUT2D eigenvalue weighted by Crippen LogP contribution is -2.36. The maximum atomic E-state index is 13.6. The van der Waals surface area contributed by atoms with Gasteiger partial charge in [0.05, 0.1) is 25.0 Å². The van der Waals surface area contributed by atoms with E-state index >= 15 is 0 Å². The molecule has 1 N–H and O–H groups in total. The molecule has 6 heteroatoms. The summed E-state index contributed by atoms with van der Waals surface area (Å²) < 4.78 is 11.1.